The van der Waals surface area contributed by atoms with Gasteiger partial charge >= 0.3 is 6.03 Å². The predicted octanol–water partition coefficient (Wildman–Crippen LogP) is 3.83. The molecule has 2 aromatic carbocycles. The van der Waals surface area contributed by atoms with Gasteiger partial charge < -0.3 is 10.2 Å². The molecule has 23 heavy (non-hydrogen) atoms. The van der Waals surface area contributed by atoms with Crippen molar-refractivity contribution in [2.24, 2.45) is 0 Å². The van der Waals surface area contributed by atoms with Gasteiger partial charge in [0.25, 0.3) is 0 Å². The minimum atomic E-state index is -0.214. The van der Waals surface area contributed by atoms with Crippen molar-refractivity contribution in [3.8, 4) is 6.07 Å². The van der Waals surface area contributed by atoms with Gasteiger partial charge in [-0.15, -0.1) is 11.3 Å². The first-order chi connectivity index (χ1) is 11.2. The van der Waals surface area contributed by atoms with E-state index in [1.807, 2.05) is 30.3 Å². The number of amides is 2. The number of carbonyl (C=O) groups is 1. The number of benzene rings is 2. The first kappa shape index (κ1) is 15.0. The molecule has 0 saturated carbocycles. The van der Waals surface area contributed by atoms with Gasteiger partial charge in [0.15, 0.2) is 0 Å². The topological polar surface area (TPSA) is 69.0 Å². The second-order valence-corrected chi connectivity index (χ2v) is 6.17. The maximum atomic E-state index is 12.2. The Balaban J connectivity index is 1.65. The lowest BCUT2D eigenvalue weighted by molar-refractivity contribution is 0.220. The van der Waals surface area contributed by atoms with Gasteiger partial charge in [-0.1, -0.05) is 12.1 Å². The maximum Gasteiger partial charge on any atom is 0.321 e. The van der Waals surface area contributed by atoms with E-state index in [1.54, 1.807) is 47.5 Å². The Labute approximate surface area is 137 Å². The largest absolute Gasteiger partial charge is 0.321 e. The fourth-order valence-corrected chi connectivity index (χ4v) is 3.13. The normalized spacial score (nSPS) is 10.3. The monoisotopic (exact) mass is 322 g/mol. The van der Waals surface area contributed by atoms with Crippen molar-refractivity contribution < 1.29 is 4.79 Å². The van der Waals surface area contributed by atoms with Crippen molar-refractivity contribution in [1.29, 1.82) is 5.26 Å². The summed E-state index contributed by atoms with van der Waals surface area (Å²) in [6, 6.07) is 16.5. The summed E-state index contributed by atoms with van der Waals surface area (Å²) in [6.07, 6.45) is 0. The van der Waals surface area contributed by atoms with Crippen LogP contribution >= 0.6 is 11.3 Å². The number of urea groups is 1. The van der Waals surface area contributed by atoms with E-state index in [0.717, 1.165) is 15.2 Å². The molecule has 0 aliphatic carbocycles. The molecule has 3 rings (SSSR count). The predicted molar refractivity (Wildman–Crippen MR) is 91.3 cm³/mol. The van der Waals surface area contributed by atoms with Gasteiger partial charge in [-0.2, -0.15) is 5.26 Å². The average molecular weight is 322 g/mol. The third kappa shape index (κ3) is 3.47. The number of hydrogen-bond donors (Lipinski definition) is 1. The lowest BCUT2D eigenvalue weighted by Crippen LogP contribution is -2.30. The van der Waals surface area contributed by atoms with Crippen LogP contribution in [0.15, 0.2) is 48.5 Å². The molecule has 0 spiro atoms. The van der Waals surface area contributed by atoms with Crippen LogP contribution in [0.25, 0.3) is 10.2 Å². The second-order valence-electron chi connectivity index (χ2n) is 5.05. The van der Waals surface area contributed by atoms with E-state index in [0.29, 0.717) is 17.8 Å². The minimum absolute atomic E-state index is 0.214. The van der Waals surface area contributed by atoms with E-state index in [2.05, 4.69) is 10.3 Å². The maximum absolute atomic E-state index is 12.2. The number of para-hydroxylation sites is 1. The Morgan fingerprint density at radius 2 is 2.00 bits per heavy atom. The number of aromatic nitrogens is 1. The number of nitriles is 1. The molecular formula is C17H14N4OS. The molecule has 0 aliphatic heterocycles. The summed E-state index contributed by atoms with van der Waals surface area (Å²) in [6.45, 7) is 0.446. The highest BCUT2D eigenvalue weighted by Crippen LogP contribution is 2.22. The lowest BCUT2D eigenvalue weighted by atomic mass is 10.2. The molecule has 2 amide bonds. The van der Waals surface area contributed by atoms with E-state index in [-0.39, 0.29) is 6.03 Å². The fourth-order valence-electron chi connectivity index (χ4n) is 2.11. The zero-order valence-corrected chi connectivity index (χ0v) is 13.3. The van der Waals surface area contributed by atoms with Gasteiger partial charge in [-0.3, -0.25) is 0 Å². The van der Waals surface area contributed by atoms with Crippen molar-refractivity contribution in [1.82, 2.24) is 9.88 Å². The molecule has 3 aromatic rings. The van der Waals surface area contributed by atoms with Crippen LogP contribution in [0.3, 0.4) is 0 Å². The number of nitrogens with one attached hydrogen (secondary N) is 1. The van der Waals surface area contributed by atoms with Crippen molar-refractivity contribution in [3.63, 3.8) is 0 Å². The van der Waals surface area contributed by atoms with Crippen LogP contribution in [-0.2, 0) is 6.54 Å². The Hall–Kier alpha value is -2.91. The lowest BCUT2D eigenvalue weighted by Gasteiger charge is -2.16. The van der Waals surface area contributed by atoms with E-state index in [4.69, 9.17) is 5.26 Å². The summed E-state index contributed by atoms with van der Waals surface area (Å²) in [5.74, 6) is 0. The van der Waals surface area contributed by atoms with Gasteiger partial charge in [-0.05, 0) is 36.4 Å². The zero-order valence-electron chi connectivity index (χ0n) is 12.5. The highest BCUT2D eigenvalue weighted by atomic mass is 32.1. The van der Waals surface area contributed by atoms with Crippen LogP contribution in [0.1, 0.15) is 10.6 Å². The highest BCUT2D eigenvalue weighted by molar-refractivity contribution is 7.18. The van der Waals surface area contributed by atoms with Gasteiger partial charge in [-0.25, -0.2) is 9.78 Å². The summed E-state index contributed by atoms with van der Waals surface area (Å²) in [5, 5.41) is 12.5. The van der Waals surface area contributed by atoms with E-state index in [1.165, 1.54) is 0 Å². The van der Waals surface area contributed by atoms with E-state index >= 15 is 0 Å². The number of fused-ring (bicyclic) bond motifs is 1. The number of anilines is 1. The molecule has 6 heteroatoms. The average Bonchev–Trinajstić information content (AvgIpc) is 2.97. The number of carbonyl (C=O) groups excluding carboxylic acids is 1. The summed E-state index contributed by atoms with van der Waals surface area (Å²) >= 11 is 1.59. The summed E-state index contributed by atoms with van der Waals surface area (Å²) in [5.41, 5.74) is 2.17. The van der Waals surface area contributed by atoms with Crippen LogP contribution in [-0.4, -0.2) is 23.0 Å². The zero-order chi connectivity index (χ0) is 16.2. The summed E-state index contributed by atoms with van der Waals surface area (Å²) < 4.78 is 1.11. The van der Waals surface area contributed by atoms with Gasteiger partial charge in [0, 0.05) is 12.7 Å². The second kappa shape index (κ2) is 6.46. The molecule has 1 aromatic heterocycles. The Kier molecular flexibility index (Phi) is 4.22. The Bertz CT molecular complexity index is 846. The molecule has 0 fully saturated rings. The molecule has 0 radical (unpaired) electrons. The highest BCUT2D eigenvalue weighted by Gasteiger charge is 2.12. The molecule has 0 atom stereocenters. The Morgan fingerprint density at radius 1 is 1.26 bits per heavy atom. The van der Waals surface area contributed by atoms with Crippen molar-refractivity contribution in [2.45, 2.75) is 6.54 Å². The van der Waals surface area contributed by atoms with Gasteiger partial charge in [0.1, 0.15) is 5.01 Å². The summed E-state index contributed by atoms with van der Waals surface area (Å²) in [7, 11) is 1.73. The fraction of sp³-hybridized carbons (Fsp3) is 0.118. The number of nitrogens with zero attached hydrogens (tertiary/aromatic N) is 3. The molecule has 0 aliphatic rings. The van der Waals surface area contributed by atoms with Crippen molar-refractivity contribution in [2.75, 3.05) is 12.4 Å². The van der Waals surface area contributed by atoms with Crippen molar-refractivity contribution in [3.05, 3.63) is 59.1 Å². The molecule has 1 heterocycles. The molecule has 5 nitrogen and oxygen atoms in total. The van der Waals surface area contributed by atoms with Gasteiger partial charge in [0.2, 0.25) is 0 Å². The molecule has 0 unspecified atom stereocenters. The smallest absolute Gasteiger partial charge is 0.321 e. The molecule has 1 N–H and O–H groups in total. The third-order valence-corrected chi connectivity index (χ3v) is 4.34. The minimum Gasteiger partial charge on any atom is -0.321 e. The molecule has 114 valence electrons. The quantitative estimate of drug-likeness (QED) is 0.796. The SMILES string of the molecule is CN(Cc1nc2ccccc2s1)C(=O)Nc1ccc(C#N)cc1. The van der Waals surface area contributed by atoms with Crippen LogP contribution in [0.4, 0.5) is 10.5 Å². The third-order valence-electron chi connectivity index (χ3n) is 3.32. The Morgan fingerprint density at radius 3 is 2.70 bits per heavy atom. The van der Waals surface area contributed by atoms with Crippen LogP contribution < -0.4 is 5.32 Å². The van der Waals surface area contributed by atoms with Crippen LogP contribution in [0, 0.1) is 11.3 Å². The molecule has 0 bridgehead atoms. The van der Waals surface area contributed by atoms with E-state index in [9.17, 15) is 4.79 Å². The summed E-state index contributed by atoms with van der Waals surface area (Å²) in [4.78, 5) is 18.3. The molecular weight excluding hydrogens is 308 g/mol. The number of hydrogen-bond acceptors (Lipinski definition) is 4. The first-order valence-electron chi connectivity index (χ1n) is 7.02. The molecule has 0 saturated heterocycles. The standard InChI is InChI=1S/C17H14N4OS/c1-21(11-16-20-14-4-2-3-5-15(14)23-16)17(22)19-13-8-6-12(10-18)7-9-13/h2-9H,11H2,1H3,(H,19,22). The van der Waals surface area contributed by atoms with E-state index < -0.39 is 0 Å². The van der Waals surface area contributed by atoms with Crippen LogP contribution in [0.5, 0.6) is 0 Å². The number of rotatable bonds is 3. The first-order valence-corrected chi connectivity index (χ1v) is 7.84. The van der Waals surface area contributed by atoms with Crippen molar-refractivity contribution >= 4 is 33.3 Å². The number of thiazole rings is 1. The van der Waals surface area contributed by atoms with Gasteiger partial charge in [0.05, 0.1) is 28.4 Å². The van der Waals surface area contributed by atoms with Crippen LogP contribution in [0.2, 0.25) is 0 Å².